The summed E-state index contributed by atoms with van der Waals surface area (Å²) in [7, 11) is 0. The first-order chi connectivity index (χ1) is 11.7. The van der Waals surface area contributed by atoms with Gasteiger partial charge in [-0.05, 0) is 36.4 Å². The first-order valence-corrected chi connectivity index (χ1v) is 9.12. The SMILES string of the molecule is CCc1cc2nc3c4[c-]cc(C)cc4c4ccc(C)cc4n3c2s1.[Ir]. The maximum absolute atomic E-state index is 4.96. The third-order valence-electron chi connectivity index (χ3n) is 4.73. The molecule has 3 aromatic heterocycles. The molecule has 0 aliphatic heterocycles. The fourth-order valence-electron chi connectivity index (χ4n) is 3.54. The number of fused-ring (bicyclic) bond motifs is 8. The Labute approximate surface area is 163 Å². The van der Waals surface area contributed by atoms with E-state index in [1.165, 1.54) is 37.1 Å². The van der Waals surface area contributed by atoms with Gasteiger partial charge in [-0.2, -0.15) is 0 Å². The molecule has 0 spiro atoms. The van der Waals surface area contributed by atoms with Crippen LogP contribution in [0.4, 0.5) is 0 Å². The summed E-state index contributed by atoms with van der Waals surface area (Å²) in [5.74, 6) is 0. The second kappa shape index (κ2) is 5.91. The van der Waals surface area contributed by atoms with Crippen molar-refractivity contribution in [1.82, 2.24) is 9.38 Å². The molecule has 2 nitrogen and oxygen atoms in total. The van der Waals surface area contributed by atoms with Gasteiger partial charge in [0.15, 0.2) is 0 Å². The van der Waals surface area contributed by atoms with E-state index >= 15 is 0 Å². The Morgan fingerprint density at radius 2 is 1.92 bits per heavy atom. The topological polar surface area (TPSA) is 17.3 Å². The van der Waals surface area contributed by atoms with Crippen LogP contribution in [0, 0.1) is 19.9 Å². The van der Waals surface area contributed by atoms with Gasteiger partial charge in [0.05, 0.1) is 11.2 Å². The molecule has 0 N–H and O–H groups in total. The number of nitrogens with zero attached hydrogens (tertiary/aromatic N) is 2. The van der Waals surface area contributed by atoms with Crippen LogP contribution in [0.2, 0.25) is 0 Å². The van der Waals surface area contributed by atoms with Gasteiger partial charge in [-0.1, -0.05) is 31.4 Å². The zero-order valence-electron chi connectivity index (χ0n) is 14.3. The van der Waals surface area contributed by atoms with E-state index in [-0.39, 0.29) is 20.1 Å². The monoisotopic (exact) mass is 522 g/mol. The summed E-state index contributed by atoms with van der Waals surface area (Å²) in [6.45, 7) is 6.47. The molecule has 127 valence electrons. The number of hydrogen-bond acceptors (Lipinski definition) is 2. The Hall–Kier alpha value is -1.74. The van der Waals surface area contributed by atoms with Crippen molar-refractivity contribution in [3.8, 4) is 0 Å². The minimum Gasteiger partial charge on any atom is -0.325 e. The average molecular weight is 522 g/mol. The molecule has 1 radical (unpaired) electrons. The summed E-state index contributed by atoms with van der Waals surface area (Å²) in [5, 5.41) is 3.62. The standard InChI is InChI=1S/C21H17N2S.Ir/c1-4-14-11-18-21(24-14)23-19-10-13(3)5-7-15(19)17-9-12(2)6-8-16(17)20(23)22-18;/h5-7,9-11H,4H2,1-3H3;/q-1;. The molecule has 0 amide bonds. The molecule has 5 rings (SSSR count). The smallest absolute Gasteiger partial charge is 0.118 e. The van der Waals surface area contributed by atoms with Gasteiger partial charge in [0, 0.05) is 30.5 Å². The largest absolute Gasteiger partial charge is 0.325 e. The van der Waals surface area contributed by atoms with Crippen LogP contribution in [0.1, 0.15) is 22.9 Å². The zero-order valence-corrected chi connectivity index (χ0v) is 17.5. The van der Waals surface area contributed by atoms with E-state index in [0.717, 1.165) is 23.0 Å². The molecule has 0 atom stereocenters. The number of hydrogen-bond donors (Lipinski definition) is 0. The third kappa shape index (κ3) is 2.36. The fourth-order valence-corrected chi connectivity index (χ4v) is 4.59. The van der Waals surface area contributed by atoms with Gasteiger partial charge < -0.3 is 4.40 Å². The Morgan fingerprint density at radius 1 is 1.08 bits per heavy atom. The van der Waals surface area contributed by atoms with Crippen molar-refractivity contribution in [2.45, 2.75) is 27.2 Å². The van der Waals surface area contributed by atoms with Crippen LogP contribution < -0.4 is 0 Å². The molecular formula is C21H17IrN2S-. The van der Waals surface area contributed by atoms with Gasteiger partial charge in [0.1, 0.15) is 4.83 Å². The van der Waals surface area contributed by atoms with Crippen molar-refractivity contribution in [2.75, 3.05) is 0 Å². The minimum absolute atomic E-state index is 0. The van der Waals surface area contributed by atoms with Crippen LogP contribution in [0.5, 0.6) is 0 Å². The predicted octanol–water partition coefficient (Wildman–Crippen LogP) is 5.83. The summed E-state index contributed by atoms with van der Waals surface area (Å²) in [6.07, 6.45) is 1.05. The molecule has 2 aromatic carbocycles. The number of aromatic nitrogens is 2. The fraction of sp³-hybridized carbons (Fsp3) is 0.190. The van der Waals surface area contributed by atoms with E-state index in [2.05, 4.69) is 67.6 Å². The van der Waals surface area contributed by atoms with E-state index in [1.807, 2.05) is 11.3 Å². The Balaban J connectivity index is 0.00000157. The molecule has 0 aliphatic rings. The molecule has 0 saturated carbocycles. The van der Waals surface area contributed by atoms with Crippen molar-refractivity contribution in [1.29, 1.82) is 0 Å². The summed E-state index contributed by atoms with van der Waals surface area (Å²) in [4.78, 5) is 7.59. The number of aryl methyl sites for hydroxylation is 3. The molecule has 25 heavy (non-hydrogen) atoms. The molecule has 0 fully saturated rings. The summed E-state index contributed by atoms with van der Waals surface area (Å²) < 4.78 is 2.33. The van der Waals surface area contributed by atoms with Crippen molar-refractivity contribution in [3.63, 3.8) is 0 Å². The molecule has 0 bridgehead atoms. The van der Waals surface area contributed by atoms with E-state index in [1.54, 1.807) is 0 Å². The summed E-state index contributed by atoms with van der Waals surface area (Å²) >= 11 is 1.85. The second-order valence-electron chi connectivity index (χ2n) is 6.51. The number of thiophene rings is 1. The van der Waals surface area contributed by atoms with Crippen LogP contribution in [0.3, 0.4) is 0 Å². The Kier molecular flexibility index (Phi) is 3.95. The predicted molar refractivity (Wildman–Crippen MR) is 103 cm³/mol. The molecule has 5 aromatic rings. The third-order valence-corrected chi connectivity index (χ3v) is 5.98. The van der Waals surface area contributed by atoms with E-state index in [9.17, 15) is 0 Å². The normalized spacial score (nSPS) is 11.6. The molecule has 0 saturated heterocycles. The van der Waals surface area contributed by atoms with Crippen LogP contribution >= 0.6 is 11.3 Å². The summed E-state index contributed by atoms with van der Waals surface area (Å²) in [5.41, 5.74) is 5.86. The first kappa shape index (κ1) is 16.7. The van der Waals surface area contributed by atoms with Crippen molar-refractivity contribution in [3.05, 3.63) is 58.5 Å². The van der Waals surface area contributed by atoms with Crippen molar-refractivity contribution >= 4 is 49.0 Å². The van der Waals surface area contributed by atoms with Crippen molar-refractivity contribution < 1.29 is 20.1 Å². The van der Waals surface area contributed by atoms with Gasteiger partial charge in [0.2, 0.25) is 0 Å². The molecular weight excluding hydrogens is 505 g/mol. The first-order valence-electron chi connectivity index (χ1n) is 8.31. The molecule has 0 unspecified atom stereocenters. The minimum atomic E-state index is 0. The maximum Gasteiger partial charge on any atom is 0.118 e. The number of pyridine rings is 1. The van der Waals surface area contributed by atoms with Crippen molar-refractivity contribution in [2.24, 2.45) is 0 Å². The van der Waals surface area contributed by atoms with E-state index < -0.39 is 0 Å². The molecule has 4 heteroatoms. The second-order valence-corrected chi connectivity index (χ2v) is 7.63. The van der Waals surface area contributed by atoms with Gasteiger partial charge in [-0.3, -0.25) is 4.98 Å². The van der Waals surface area contributed by atoms with E-state index in [4.69, 9.17) is 4.98 Å². The van der Waals surface area contributed by atoms with Crippen LogP contribution in [0.25, 0.3) is 37.7 Å². The number of benzene rings is 2. The van der Waals surface area contributed by atoms with Gasteiger partial charge in [-0.15, -0.1) is 40.5 Å². The van der Waals surface area contributed by atoms with Crippen LogP contribution in [0.15, 0.2) is 36.4 Å². The van der Waals surface area contributed by atoms with Crippen LogP contribution in [-0.4, -0.2) is 9.38 Å². The van der Waals surface area contributed by atoms with Crippen LogP contribution in [-0.2, 0) is 26.5 Å². The zero-order chi connectivity index (χ0) is 16.4. The van der Waals surface area contributed by atoms with Gasteiger partial charge >= 0.3 is 0 Å². The molecule has 3 heterocycles. The van der Waals surface area contributed by atoms with E-state index in [0.29, 0.717) is 0 Å². The average Bonchev–Trinajstić information content (AvgIpc) is 3.11. The molecule has 0 aliphatic carbocycles. The van der Waals surface area contributed by atoms with Gasteiger partial charge in [0.25, 0.3) is 0 Å². The summed E-state index contributed by atoms with van der Waals surface area (Å²) in [6, 6.07) is 16.7. The Bertz CT molecular complexity index is 1260. The number of imidazole rings is 1. The van der Waals surface area contributed by atoms with Gasteiger partial charge in [-0.25, -0.2) is 0 Å². The Morgan fingerprint density at radius 3 is 2.72 bits per heavy atom. The quantitative estimate of drug-likeness (QED) is 0.200. The number of rotatable bonds is 1. The maximum atomic E-state index is 4.96.